The van der Waals surface area contributed by atoms with Gasteiger partial charge in [-0.2, -0.15) is 0 Å². The van der Waals surface area contributed by atoms with Crippen LogP contribution >= 0.6 is 11.6 Å². The fraction of sp³-hybridized carbons (Fsp3) is 0.273. The predicted octanol–water partition coefficient (Wildman–Crippen LogP) is 3.91. The summed E-state index contributed by atoms with van der Waals surface area (Å²) >= 11 is 6.02. The smallest absolute Gasteiger partial charge is 0.251 e. The highest BCUT2D eigenvalue weighted by Gasteiger charge is 2.17. The van der Waals surface area contributed by atoms with Crippen molar-refractivity contribution in [3.05, 3.63) is 65.3 Å². The largest absolute Gasteiger partial charge is 0.384 e. The first-order chi connectivity index (χ1) is 14.8. The average Bonchev–Trinajstić information content (AvgIpc) is 2.78. The van der Waals surface area contributed by atoms with Gasteiger partial charge in [-0.25, -0.2) is 8.42 Å². The quantitative estimate of drug-likeness (QED) is 0.472. The van der Waals surface area contributed by atoms with E-state index in [2.05, 4.69) is 15.6 Å². The van der Waals surface area contributed by atoms with Gasteiger partial charge in [-0.15, -0.1) is 0 Å². The number of fused-ring (bicyclic) bond motifs is 1. The first-order valence-electron chi connectivity index (χ1n) is 9.95. The maximum Gasteiger partial charge on any atom is 0.251 e. The highest BCUT2D eigenvalue weighted by molar-refractivity contribution is 7.92. The molecule has 1 heterocycles. The third-order valence-corrected chi connectivity index (χ3v) is 6.92. The van der Waals surface area contributed by atoms with Crippen LogP contribution in [0.2, 0.25) is 5.02 Å². The zero-order valence-electron chi connectivity index (χ0n) is 17.4. The van der Waals surface area contributed by atoms with Gasteiger partial charge in [0.1, 0.15) is 0 Å². The average molecular weight is 461 g/mol. The fourth-order valence-electron chi connectivity index (χ4n) is 3.09. The second kappa shape index (κ2) is 9.98. The van der Waals surface area contributed by atoms with Gasteiger partial charge >= 0.3 is 0 Å². The van der Waals surface area contributed by atoms with Crippen LogP contribution in [0.15, 0.2) is 54.7 Å². The van der Waals surface area contributed by atoms with Crippen LogP contribution in [0.1, 0.15) is 23.7 Å². The van der Waals surface area contributed by atoms with Crippen molar-refractivity contribution in [1.82, 2.24) is 10.3 Å². The molecule has 0 atom stereocenters. The van der Waals surface area contributed by atoms with E-state index in [0.717, 1.165) is 16.6 Å². The lowest BCUT2D eigenvalue weighted by atomic mass is 10.2. The number of carbonyl (C=O) groups is 1. The lowest BCUT2D eigenvalue weighted by molar-refractivity contribution is 0.0953. The molecule has 0 unspecified atom stereocenters. The summed E-state index contributed by atoms with van der Waals surface area (Å²) in [5, 5.41) is 7.86. The van der Waals surface area contributed by atoms with Gasteiger partial charge in [-0.05, 0) is 55.8 Å². The minimum Gasteiger partial charge on any atom is -0.384 e. The molecule has 0 saturated carbocycles. The number of nitrogens with zero attached hydrogens (tertiary/aromatic N) is 2. The second-order valence-corrected chi connectivity index (χ2v) is 9.70. The number of nitrogens with one attached hydrogen (secondary N) is 2. The Balaban J connectivity index is 1.53. The summed E-state index contributed by atoms with van der Waals surface area (Å²) in [6, 6.07) is 14.1. The Labute approximate surface area is 187 Å². The number of amides is 1. The van der Waals surface area contributed by atoms with Gasteiger partial charge in [0.25, 0.3) is 5.91 Å². The van der Waals surface area contributed by atoms with Crippen molar-refractivity contribution >= 4 is 49.8 Å². The molecular weight excluding hydrogens is 436 g/mol. The van der Waals surface area contributed by atoms with Crippen molar-refractivity contribution in [3.8, 4) is 0 Å². The Morgan fingerprint density at radius 2 is 1.94 bits per heavy atom. The lowest BCUT2D eigenvalue weighted by Crippen LogP contribution is -2.29. The standard InChI is InChI=1S/C22H25ClN4O3S/c1-3-31(29,30)27(2)18-7-4-6-16(14-18)22(28)26-12-5-11-24-20-10-13-25-21-15-17(23)8-9-19(20)21/h4,6-10,13-15H,3,5,11-12H2,1-2H3,(H,24,25)(H,26,28). The molecule has 0 fully saturated rings. The molecule has 0 aliphatic heterocycles. The van der Waals surface area contributed by atoms with E-state index in [9.17, 15) is 13.2 Å². The van der Waals surface area contributed by atoms with Gasteiger partial charge in [-0.3, -0.25) is 14.1 Å². The SMILES string of the molecule is CCS(=O)(=O)N(C)c1cccc(C(=O)NCCCNc2ccnc3cc(Cl)ccc23)c1. The van der Waals surface area contributed by atoms with Crippen LogP contribution in [0, 0.1) is 0 Å². The summed E-state index contributed by atoms with van der Waals surface area (Å²) in [7, 11) is -1.90. The molecule has 3 aromatic rings. The summed E-state index contributed by atoms with van der Waals surface area (Å²) in [5.41, 5.74) is 2.66. The van der Waals surface area contributed by atoms with Crippen LogP contribution in [-0.4, -0.2) is 45.2 Å². The number of sulfonamides is 1. The topological polar surface area (TPSA) is 91.4 Å². The lowest BCUT2D eigenvalue weighted by Gasteiger charge is -2.19. The van der Waals surface area contributed by atoms with Crippen LogP contribution in [-0.2, 0) is 10.0 Å². The monoisotopic (exact) mass is 460 g/mol. The molecule has 0 bridgehead atoms. The Bertz CT molecular complexity index is 1180. The van der Waals surface area contributed by atoms with Crippen molar-refractivity contribution in [2.24, 2.45) is 0 Å². The molecule has 2 aromatic carbocycles. The van der Waals surface area contributed by atoms with Crippen molar-refractivity contribution in [2.45, 2.75) is 13.3 Å². The van der Waals surface area contributed by atoms with E-state index >= 15 is 0 Å². The van der Waals surface area contributed by atoms with Gasteiger partial charge in [0.2, 0.25) is 10.0 Å². The van der Waals surface area contributed by atoms with Crippen LogP contribution < -0.4 is 14.9 Å². The Hall–Kier alpha value is -2.84. The van der Waals surface area contributed by atoms with E-state index in [1.807, 2.05) is 24.3 Å². The summed E-state index contributed by atoms with van der Waals surface area (Å²) in [4.78, 5) is 16.8. The molecule has 7 nitrogen and oxygen atoms in total. The van der Waals surface area contributed by atoms with Gasteiger partial charge in [0.05, 0.1) is 17.0 Å². The third-order valence-electron chi connectivity index (χ3n) is 4.91. The Kier molecular flexibility index (Phi) is 7.35. The van der Waals surface area contributed by atoms with E-state index in [1.165, 1.54) is 11.4 Å². The van der Waals surface area contributed by atoms with Gasteiger partial charge in [0.15, 0.2) is 0 Å². The molecular formula is C22H25ClN4O3S. The first kappa shape index (κ1) is 22.8. The molecule has 3 rings (SSSR count). The van der Waals surface area contributed by atoms with Crippen LogP contribution in [0.4, 0.5) is 11.4 Å². The second-order valence-electron chi connectivity index (χ2n) is 6.97. The van der Waals surface area contributed by atoms with E-state index in [4.69, 9.17) is 11.6 Å². The van der Waals surface area contributed by atoms with Crippen molar-refractivity contribution in [2.75, 3.05) is 35.5 Å². The number of aromatic nitrogens is 1. The molecule has 0 saturated heterocycles. The number of pyridine rings is 1. The van der Waals surface area contributed by atoms with E-state index in [1.54, 1.807) is 37.4 Å². The van der Waals surface area contributed by atoms with E-state index in [-0.39, 0.29) is 11.7 Å². The number of hydrogen-bond donors (Lipinski definition) is 2. The number of halogens is 1. The minimum absolute atomic E-state index is 0.00722. The van der Waals surface area contributed by atoms with Crippen LogP contribution in [0.25, 0.3) is 10.9 Å². The molecule has 0 spiro atoms. The van der Waals surface area contributed by atoms with Gasteiger partial charge in [0, 0.05) is 48.0 Å². The number of hydrogen-bond acceptors (Lipinski definition) is 5. The Morgan fingerprint density at radius 3 is 2.71 bits per heavy atom. The molecule has 164 valence electrons. The molecule has 0 radical (unpaired) electrons. The summed E-state index contributed by atoms with van der Waals surface area (Å²) in [5.74, 6) is -0.250. The maximum atomic E-state index is 12.5. The first-order valence-corrected chi connectivity index (χ1v) is 11.9. The summed E-state index contributed by atoms with van der Waals surface area (Å²) < 4.78 is 25.3. The van der Waals surface area contributed by atoms with Crippen molar-refractivity contribution in [1.29, 1.82) is 0 Å². The third kappa shape index (κ3) is 5.65. The number of benzene rings is 2. The molecule has 2 N–H and O–H groups in total. The fourth-order valence-corrected chi connectivity index (χ4v) is 4.08. The van der Waals surface area contributed by atoms with Crippen LogP contribution in [0.3, 0.4) is 0 Å². The molecule has 0 aliphatic carbocycles. The van der Waals surface area contributed by atoms with E-state index in [0.29, 0.717) is 35.8 Å². The van der Waals surface area contributed by atoms with E-state index < -0.39 is 10.0 Å². The number of rotatable bonds is 9. The summed E-state index contributed by atoms with van der Waals surface area (Å²) in [6.07, 6.45) is 2.44. The molecule has 9 heteroatoms. The van der Waals surface area contributed by atoms with Crippen molar-refractivity contribution in [3.63, 3.8) is 0 Å². The zero-order chi connectivity index (χ0) is 22.4. The minimum atomic E-state index is -3.38. The van der Waals surface area contributed by atoms with Gasteiger partial charge < -0.3 is 10.6 Å². The molecule has 1 amide bonds. The normalized spacial score (nSPS) is 11.3. The maximum absolute atomic E-state index is 12.5. The van der Waals surface area contributed by atoms with Crippen LogP contribution in [0.5, 0.6) is 0 Å². The molecule has 31 heavy (non-hydrogen) atoms. The highest BCUT2D eigenvalue weighted by atomic mass is 35.5. The van der Waals surface area contributed by atoms with Gasteiger partial charge in [-0.1, -0.05) is 17.7 Å². The number of anilines is 2. The highest BCUT2D eigenvalue weighted by Crippen LogP contribution is 2.24. The molecule has 1 aromatic heterocycles. The Morgan fingerprint density at radius 1 is 1.13 bits per heavy atom. The summed E-state index contributed by atoms with van der Waals surface area (Å²) in [6.45, 7) is 2.73. The zero-order valence-corrected chi connectivity index (χ0v) is 19.0. The molecule has 0 aliphatic rings. The predicted molar refractivity (Wildman–Crippen MR) is 126 cm³/mol. The number of carbonyl (C=O) groups excluding carboxylic acids is 1. The van der Waals surface area contributed by atoms with Crippen molar-refractivity contribution < 1.29 is 13.2 Å².